The normalized spacial score (nSPS) is 8.14. The first-order chi connectivity index (χ1) is 2.91. The molecule has 0 aromatic heterocycles. The summed E-state index contributed by atoms with van der Waals surface area (Å²) in [4.78, 5) is 0. The molecule has 0 aliphatic heterocycles. The van der Waals surface area contributed by atoms with Crippen molar-refractivity contribution in [3.05, 3.63) is 24.8 Å². The van der Waals surface area contributed by atoms with Gasteiger partial charge in [-0.2, -0.15) is 6.08 Å². The van der Waals surface area contributed by atoms with Gasteiger partial charge in [0.05, 0.1) is 0 Å². The molecule has 0 aliphatic rings. The summed E-state index contributed by atoms with van der Waals surface area (Å²) in [5, 5.41) is 0. The minimum atomic E-state index is 0. The molecule has 0 N–H and O–H groups in total. The summed E-state index contributed by atoms with van der Waals surface area (Å²) in [6, 6.07) is 0. The first-order valence-electron chi connectivity index (χ1n) is 2.12. The zero-order valence-corrected chi connectivity index (χ0v) is 5.02. The van der Waals surface area contributed by atoms with Gasteiger partial charge in [-0.25, -0.2) is 12.2 Å². The number of allylic oxidation sites excluding steroid dienone is 3. The number of hydrogen-bond donors (Lipinski definition) is 0. The van der Waals surface area contributed by atoms with Crippen LogP contribution in [0.2, 0.25) is 0 Å². The fourth-order valence-corrected chi connectivity index (χ4v) is 0.215. The van der Waals surface area contributed by atoms with Gasteiger partial charge < -0.3 is 0 Å². The topological polar surface area (TPSA) is 0 Å². The Labute approximate surface area is 57.5 Å². The monoisotopic (exact) mass is 88.1 g/mol. The molecule has 0 atom stereocenters. The van der Waals surface area contributed by atoms with Crippen molar-refractivity contribution in [2.75, 3.05) is 0 Å². The number of hydrogen-bond acceptors (Lipinski definition) is 0. The summed E-state index contributed by atoms with van der Waals surface area (Å²) in [5.41, 5.74) is 0. The molecule has 34 valence electrons. The quantitative estimate of drug-likeness (QED) is 0.229. The predicted molar refractivity (Wildman–Crippen MR) is 28.3 cm³/mol. The van der Waals surface area contributed by atoms with Gasteiger partial charge in [-0.05, 0) is 0 Å². The third-order valence-corrected chi connectivity index (χ3v) is 0.483. The Hall–Kier alpha value is 0.0774. The predicted octanol–water partition coefficient (Wildman–Crippen LogP) is -1.05. The molecule has 0 rings (SSSR count). The smallest absolute Gasteiger partial charge is 0.293 e. The van der Waals surface area contributed by atoms with E-state index in [4.69, 9.17) is 6.58 Å². The second-order valence-electron chi connectivity index (χ2n) is 1.03. The third-order valence-electron chi connectivity index (χ3n) is 0.483. The van der Waals surface area contributed by atoms with E-state index in [1.807, 2.05) is 12.2 Å². The van der Waals surface area contributed by atoms with Gasteiger partial charge in [-0.15, -0.1) is 0 Å². The van der Waals surface area contributed by atoms with E-state index in [0.717, 1.165) is 6.42 Å². The van der Waals surface area contributed by atoms with Crippen molar-refractivity contribution in [1.29, 1.82) is 0 Å². The van der Waals surface area contributed by atoms with E-state index in [-0.39, 0.29) is 18.9 Å². The van der Waals surface area contributed by atoms with Crippen LogP contribution in [0.25, 0.3) is 0 Å². The van der Waals surface area contributed by atoms with Crippen molar-refractivity contribution in [3.63, 3.8) is 0 Å². The van der Waals surface area contributed by atoms with Gasteiger partial charge in [-0.1, -0.05) is 13.3 Å². The Kier molecular flexibility index (Phi) is 13.7. The Morgan fingerprint density at radius 3 is 2.29 bits per heavy atom. The molecule has 1 heteroatoms. The zero-order chi connectivity index (χ0) is 4.83. The summed E-state index contributed by atoms with van der Waals surface area (Å²) in [6.45, 7) is 7.07. The van der Waals surface area contributed by atoms with E-state index in [2.05, 4.69) is 6.92 Å². The molecule has 0 unspecified atom stereocenters. The summed E-state index contributed by atoms with van der Waals surface area (Å²) in [6.07, 6.45) is 6.43. The van der Waals surface area contributed by atoms with E-state index < -0.39 is 0 Å². The van der Waals surface area contributed by atoms with Gasteiger partial charge in [0.1, 0.15) is 0 Å². The molecule has 0 heterocycles. The van der Waals surface area contributed by atoms with Gasteiger partial charge in [-0.3, -0.25) is 6.58 Å². The standard InChI is InChI=1S/C6H9.Li/c1-3-5-6-4-2;/h1,3,5-6H,4H2,2H3;/q-1;+1/b6-5+;. The molecule has 0 saturated heterocycles. The van der Waals surface area contributed by atoms with Gasteiger partial charge in [0.15, 0.2) is 0 Å². The molecule has 0 radical (unpaired) electrons. The van der Waals surface area contributed by atoms with Crippen LogP contribution in [0, 0.1) is 6.58 Å². The Morgan fingerprint density at radius 1 is 1.57 bits per heavy atom. The van der Waals surface area contributed by atoms with E-state index >= 15 is 0 Å². The first-order valence-corrected chi connectivity index (χ1v) is 2.12. The molecule has 0 amide bonds. The summed E-state index contributed by atoms with van der Waals surface area (Å²) in [7, 11) is 0. The van der Waals surface area contributed by atoms with E-state index in [1.54, 1.807) is 0 Å². The van der Waals surface area contributed by atoms with E-state index in [9.17, 15) is 0 Å². The Balaban J connectivity index is 0. The largest absolute Gasteiger partial charge is 1.00 e. The molecule has 0 aliphatic carbocycles. The molecule has 0 saturated carbocycles. The molecule has 0 aromatic rings. The van der Waals surface area contributed by atoms with Gasteiger partial charge in [0.25, 0.3) is 0 Å². The summed E-state index contributed by atoms with van der Waals surface area (Å²) in [5.74, 6) is 0. The van der Waals surface area contributed by atoms with Gasteiger partial charge >= 0.3 is 18.9 Å². The Morgan fingerprint density at radius 2 is 2.14 bits per heavy atom. The van der Waals surface area contributed by atoms with Crippen LogP contribution in [0.1, 0.15) is 13.3 Å². The molecule has 0 bridgehead atoms. The average Bonchev–Trinajstić information content (AvgIpc) is 1.61. The van der Waals surface area contributed by atoms with Crippen LogP contribution >= 0.6 is 0 Å². The fourth-order valence-electron chi connectivity index (χ4n) is 0.215. The molecule has 0 fully saturated rings. The van der Waals surface area contributed by atoms with Crippen LogP contribution in [0.3, 0.4) is 0 Å². The fraction of sp³-hybridized carbons (Fsp3) is 0.333. The third kappa shape index (κ3) is 10.7. The zero-order valence-electron chi connectivity index (χ0n) is 5.02. The van der Waals surface area contributed by atoms with Gasteiger partial charge in [0, 0.05) is 0 Å². The van der Waals surface area contributed by atoms with Crippen LogP contribution in [0.5, 0.6) is 0 Å². The molecule has 0 aromatic carbocycles. The van der Waals surface area contributed by atoms with Crippen LogP contribution in [0.4, 0.5) is 0 Å². The van der Waals surface area contributed by atoms with Crippen LogP contribution in [0.15, 0.2) is 18.2 Å². The minimum Gasteiger partial charge on any atom is -0.293 e. The second-order valence-corrected chi connectivity index (χ2v) is 1.03. The molecular formula is C6H9Li. The minimum absolute atomic E-state index is 0. The maximum atomic E-state index is 5.00. The van der Waals surface area contributed by atoms with E-state index in [1.165, 1.54) is 6.08 Å². The molecule has 7 heavy (non-hydrogen) atoms. The van der Waals surface area contributed by atoms with Crippen molar-refractivity contribution >= 4 is 0 Å². The van der Waals surface area contributed by atoms with Crippen molar-refractivity contribution in [3.8, 4) is 0 Å². The SMILES string of the molecule is [CH-]=C/C=C/CC.[Li+]. The van der Waals surface area contributed by atoms with Crippen molar-refractivity contribution < 1.29 is 18.9 Å². The van der Waals surface area contributed by atoms with Crippen molar-refractivity contribution in [1.82, 2.24) is 0 Å². The van der Waals surface area contributed by atoms with Crippen molar-refractivity contribution in [2.45, 2.75) is 13.3 Å². The molecule has 0 spiro atoms. The van der Waals surface area contributed by atoms with Crippen molar-refractivity contribution in [2.24, 2.45) is 0 Å². The summed E-state index contributed by atoms with van der Waals surface area (Å²) >= 11 is 0. The number of rotatable bonds is 2. The molecule has 0 nitrogen and oxygen atoms in total. The van der Waals surface area contributed by atoms with Crippen LogP contribution in [-0.2, 0) is 0 Å². The second kappa shape index (κ2) is 9.42. The first kappa shape index (κ1) is 10.1. The van der Waals surface area contributed by atoms with Gasteiger partial charge in [0.2, 0.25) is 0 Å². The maximum Gasteiger partial charge on any atom is 1.00 e. The average molecular weight is 88.1 g/mol. The summed E-state index contributed by atoms with van der Waals surface area (Å²) < 4.78 is 0. The molecular weight excluding hydrogens is 79.0 g/mol. The van der Waals surface area contributed by atoms with E-state index in [0.29, 0.717) is 0 Å². The van der Waals surface area contributed by atoms with Crippen LogP contribution in [-0.4, -0.2) is 0 Å². The Bertz CT molecular complexity index is 55.2. The van der Waals surface area contributed by atoms with Crippen LogP contribution < -0.4 is 18.9 Å². The maximum absolute atomic E-state index is 5.00.